The highest BCUT2D eigenvalue weighted by Gasteiger charge is 2.43. The van der Waals surface area contributed by atoms with Crippen molar-refractivity contribution in [3.8, 4) is 17.2 Å². The summed E-state index contributed by atoms with van der Waals surface area (Å²) >= 11 is 0. The topological polar surface area (TPSA) is 104 Å². The second kappa shape index (κ2) is 9.36. The molecule has 0 N–H and O–H groups in total. The summed E-state index contributed by atoms with van der Waals surface area (Å²) in [6.07, 6.45) is 6.33. The van der Waals surface area contributed by atoms with Crippen molar-refractivity contribution in [1.29, 1.82) is 0 Å². The van der Waals surface area contributed by atoms with E-state index in [1.165, 1.54) is 19.3 Å². The van der Waals surface area contributed by atoms with Gasteiger partial charge in [-0.1, -0.05) is 19.0 Å². The van der Waals surface area contributed by atoms with Crippen LogP contribution in [-0.2, 0) is 0 Å². The monoisotopic (exact) mass is 453 g/mol. The van der Waals surface area contributed by atoms with E-state index in [0.29, 0.717) is 24.3 Å². The molecular formula is C23H31N7O3. The summed E-state index contributed by atoms with van der Waals surface area (Å²) in [5.74, 6) is 4.93. The Morgan fingerprint density at radius 3 is 2.76 bits per heavy atom. The Bertz CT molecular complexity index is 1040. The van der Waals surface area contributed by atoms with Crippen LogP contribution in [0.1, 0.15) is 51.3 Å². The third kappa shape index (κ3) is 4.79. The number of benzene rings is 1. The summed E-state index contributed by atoms with van der Waals surface area (Å²) in [4.78, 5) is 6.79. The van der Waals surface area contributed by atoms with Crippen molar-refractivity contribution in [2.75, 3.05) is 31.7 Å². The predicted molar refractivity (Wildman–Crippen MR) is 121 cm³/mol. The fourth-order valence-corrected chi connectivity index (χ4v) is 4.83. The third-order valence-electron chi connectivity index (χ3n) is 6.84. The van der Waals surface area contributed by atoms with Crippen LogP contribution in [0.25, 0.3) is 5.69 Å². The third-order valence-corrected chi connectivity index (χ3v) is 6.84. The molecule has 176 valence electrons. The van der Waals surface area contributed by atoms with Crippen LogP contribution >= 0.6 is 0 Å². The fraction of sp³-hybridized carbons (Fsp3) is 0.609. The van der Waals surface area contributed by atoms with E-state index < -0.39 is 0 Å². The summed E-state index contributed by atoms with van der Waals surface area (Å²) < 4.78 is 18.6. The molecule has 2 atom stereocenters. The van der Waals surface area contributed by atoms with Gasteiger partial charge in [-0.2, -0.15) is 9.67 Å². The molecule has 1 saturated carbocycles. The second-order valence-electron chi connectivity index (χ2n) is 9.30. The van der Waals surface area contributed by atoms with Gasteiger partial charge in [0.05, 0.1) is 13.7 Å². The Balaban J connectivity index is 1.06. The number of rotatable bonds is 9. The van der Waals surface area contributed by atoms with Crippen molar-refractivity contribution in [1.82, 2.24) is 30.3 Å². The number of piperidine rings is 1. The van der Waals surface area contributed by atoms with Crippen molar-refractivity contribution in [3.63, 3.8) is 0 Å². The van der Waals surface area contributed by atoms with Gasteiger partial charge < -0.3 is 18.9 Å². The zero-order chi connectivity index (χ0) is 22.8. The molecule has 2 aromatic heterocycles. The van der Waals surface area contributed by atoms with Crippen molar-refractivity contribution in [3.05, 3.63) is 30.4 Å². The maximum absolute atomic E-state index is 6.03. The molecule has 0 spiro atoms. The van der Waals surface area contributed by atoms with E-state index in [1.54, 1.807) is 18.1 Å². The van der Waals surface area contributed by atoms with Gasteiger partial charge >= 0.3 is 6.01 Å². The molecule has 33 heavy (non-hydrogen) atoms. The number of hydrogen-bond donors (Lipinski definition) is 0. The molecule has 1 saturated heterocycles. The molecule has 0 amide bonds. The lowest BCUT2D eigenvalue weighted by atomic mass is 9.90. The van der Waals surface area contributed by atoms with E-state index >= 15 is 0 Å². The Morgan fingerprint density at radius 1 is 1.21 bits per heavy atom. The number of aromatic nitrogens is 6. The average molecular weight is 454 g/mol. The van der Waals surface area contributed by atoms with Crippen LogP contribution in [0, 0.1) is 17.8 Å². The van der Waals surface area contributed by atoms with Crippen LogP contribution in [0.3, 0.4) is 0 Å². The van der Waals surface area contributed by atoms with Crippen LogP contribution < -0.4 is 14.4 Å². The minimum Gasteiger partial charge on any atom is -0.494 e. The number of ether oxygens (including phenoxy) is 2. The Morgan fingerprint density at radius 2 is 2.06 bits per heavy atom. The first kappa shape index (κ1) is 21.7. The molecule has 0 radical (unpaired) electrons. The van der Waals surface area contributed by atoms with Crippen molar-refractivity contribution in [2.24, 2.45) is 17.8 Å². The summed E-state index contributed by atoms with van der Waals surface area (Å²) in [7, 11) is 1.63. The van der Waals surface area contributed by atoms with Gasteiger partial charge in [0.15, 0.2) is 5.82 Å². The highest BCUT2D eigenvalue weighted by molar-refractivity contribution is 5.50. The first-order valence-corrected chi connectivity index (χ1v) is 11.7. The quantitative estimate of drug-likeness (QED) is 0.481. The largest absolute Gasteiger partial charge is 0.494 e. The summed E-state index contributed by atoms with van der Waals surface area (Å²) in [6.45, 7) is 6.88. The summed E-state index contributed by atoms with van der Waals surface area (Å²) in [5, 5.41) is 15.4. The number of nitrogens with zero attached hydrogens (tertiary/aromatic N) is 7. The average Bonchev–Trinajstić information content (AvgIpc) is 3.21. The summed E-state index contributed by atoms with van der Waals surface area (Å²) in [6, 6.07) is 6.41. The molecule has 10 heteroatoms. The van der Waals surface area contributed by atoms with Gasteiger partial charge in [-0.25, -0.2) is 0 Å². The molecule has 5 rings (SSSR count). The molecule has 1 aromatic carbocycles. The minimum absolute atomic E-state index is 0.291. The molecule has 2 fully saturated rings. The van der Waals surface area contributed by atoms with Crippen LogP contribution in [0.4, 0.5) is 6.01 Å². The number of hydrogen-bond acceptors (Lipinski definition) is 9. The van der Waals surface area contributed by atoms with Crippen molar-refractivity contribution < 1.29 is 14.0 Å². The van der Waals surface area contributed by atoms with E-state index in [0.717, 1.165) is 54.5 Å². The number of methoxy groups -OCH3 is 1. The highest BCUT2D eigenvalue weighted by Crippen LogP contribution is 2.50. The maximum Gasteiger partial charge on any atom is 0.324 e. The first-order valence-electron chi connectivity index (χ1n) is 11.7. The SMILES string of the molecule is COc1cc(OCC[C@@H]2C[C@@H]2C2CCN(c3nc(C(C)C)no3)CC2)ccc1-n1cnnn1. The smallest absolute Gasteiger partial charge is 0.324 e. The number of anilines is 1. The lowest BCUT2D eigenvalue weighted by molar-refractivity contribution is 0.281. The Kier molecular flexibility index (Phi) is 6.15. The van der Waals surface area contributed by atoms with Gasteiger partial charge in [0, 0.05) is 25.1 Å². The predicted octanol–water partition coefficient (Wildman–Crippen LogP) is 3.50. The van der Waals surface area contributed by atoms with Crippen molar-refractivity contribution >= 4 is 6.01 Å². The molecule has 0 bridgehead atoms. The molecule has 10 nitrogen and oxygen atoms in total. The maximum atomic E-state index is 6.03. The van der Waals surface area contributed by atoms with E-state index in [1.807, 2.05) is 18.2 Å². The zero-order valence-electron chi connectivity index (χ0n) is 19.4. The molecular weight excluding hydrogens is 422 g/mol. The van der Waals surface area contributed by atoms with Gasteiger partial charge in [-0.05, 0) is 66.0 Å². The lowest BCUT2D eigenvalue weighted by Crippen LogP contribution is -2.34. The fourth-order valence-electron chi connectivity index (χ4n) is 4.83. The highest BCUT2D eigenvalue weighted by atomic mass is 16.5. The zero-order valence-corrected chi connectivity index (χ0v) is 19.4. The first-order chi connectivity index (χ1) is 16.1. The van der Waals surface area contributed by atoms with Crippen LogP contribution in [0.2, 0.25) is 0 Å². The lowest BCUT2D eigenvalue weighted by Gasteiger charge is -2.30. The molecule has 3 aromatic rings. The second-order valence-corrected chi connectivity index (χ2v) is 9.30. The Hall–Kier alpha value is -3.17. The van der Waals surface area contributed by atoms with Gasteiger partial charge in [-0.3, -0.25) is 0 Å². The van der Waals surface area contributed by atoms with Gasteiger partial charge in [0.1, 0.15) is 23.5 Å². The number of tetrazole rings is 1. The van der Waals surface area contributed by atoms with Crippen molar-refractivity contribution in [2.45, 2.75) is 45.4 Å². The normalized spacial score (nSPS) is 20.9. The van der Waals surface area contributed by atoms with Gasteiger partial charge in [-0.15, -0.1) is 5.10 Å². The molecule has 3 heterocycles. The molecule has 1 aliphatic heterocycles. The van der Waals surface area contributed by atoms with E-state index in [-0.39, 0.29) is 0 Å². The van der Waals surface area contributed by atoms with E-state index in [9.17, 15) is 0 Å². The van der Waals surface area contributed by atoms with Gasteiger partial charge in [0.2, 0.25) is 0 Å². The van der Waals surface area contributed by atoms with E-state index in [4.69, 9.17) is 14.0 Å². The van der Waals surface area contributed by atoms with E-state index in [2.05, 4.69) is 44.4 Å². The van der Waals surface area contributed by atoms with Gasteiger partial charge in [0.25, 0.3) is 0 Å². The van der Waals surface area contributed by atoms with Crippen LogP contribution in [0.15, 0.2) is 29.0 Å². The molecule has 1 aliphatic carbocycles. The van der Waals surface area contributed by atoms with Crippen LogP contribution in [0.5, 0.6) is 11.5 Å². The minimum atomic E-state index is 0.291. The molecule has 2 aliphatic rings. The standard InChI is InChI=1S/C23H31N7O3/c1-15(2)22-25-23(33-26-22)29-9-6-16(7-10-29)19-12-17(19)8-11-32-18-4-5-20(21(13-18)31-3)30-14-24-27-28-30/h4-5,13-17,19H,6-12H2,1-3H3/t17-,19-/m1/s1. The summed E-state index contributed by atoms with van der Waals surface area (Å²) in [5.41, 5.74) is 0.782. The molecule has 0 unspecified atom stereocenters. The van der Waals surface area contributed by atoms with Crippen LogP contribution in [-0.4, -0.2) is 57.2 Å². The Labute approximate surface area is 193 Å².